The molecule has 1 fully saturated rings. The number of rotatable bonds is 2. The molecule has 2 rings (SSSR count). The summed E-state index contributed by atoms with van der Waals surface area (Å²) < 4.78 is 0. The molecule has 0 radical (unpaired) electrons. The number of hydrogen-bond donors (Lipinski definition) is 1. The molecule has 64 valence electrons. The maximum atomic E-state index is 6.07. The lowest BCUT2D eigenvalue weighted by atomic mass is 9.78. The van der Waals surface area contributed by atoms with Gasteiger partial charge < -0.3 is 5.73 Å². The molecule has 0 amide bonds. The molecule has 1 aromatic rings. The average molecular weight is 162 g/mol. The summed E-state index contributed by atoms with van der Waals surface area (Å²) in [6, 6.07) is 4.27. The van der Waals surface area contributed by atoms with Crippen LogP contribution in [0, 0.1) is 5.92 Å². The van der Waals surface area contributed by atoms with Gasteiger partial charge in [0.05, 0.1) is 0 Å². The smallest absolute Gasteiger partial charge is 0.0324 e. The molecule has 1 aliphatic carbocycles. The molecule has 0 saturated heterocycles. The molecule has 0 bridgehead atoms. The van der Waals surface area contributed by atoms with Crippen LogP contribution in [0.3, 0.4) is 0 Å². The lowest BCUT2D eigenvalue weighted by molar-refractivity contribution is 0.264. The van der Waals surface area contributed by atoms with E-state index in [0.717, 1.165) is 0 Å². The Hall–Kier alpha value is -0.890. The molecule has 2 nitrogen and oxygen atoms in total. The van der Waals surface area contributed by atoms with Crippen LogP contribution in [0.25, 0.3) is 0 Å². The van der Waals surface area contributed by atoms with Gasteiger partial charge in [-0.2, -0.15) is 0 Å². The molecule has 1 saturated carbocycles. The summed E-state index contributed by atoms with van der Waals surface area (Å²) in [4.78, 5) is 3.98. The molecule has 2 heteroatoms. The van der Waals surface area contributed by atoms with Crippen LogP contribution in [0.2, 0.25) is 0 Å². The molecule has 1 aromatic heterocycles. The number of aromatic nitrogens is 1. The van der Waals surface area contributed by atoms with E-state index in [4.69, 9.17) is 5.73 Å². The normalized spacial score (nSPS) is 20.1. The lowest BCUT2D eigenvalue weighted by Gasteiger charge is -2.31. The summed E-state index contributed by atoms with van der Waals surface area (Å²) in [5.74, 6) is 0.715. The number of nitrogens with zero attached hydrogens (tertiary/aromatic N) is 1. The average Bonchev–Trinajstić information content (AvgIpc) is 2.03. The van der Waals surface area contributed by atoms with Gasteiger partial charge in [-0.1, -0.05) is 6.42 Å². The van der Waals surface area contributed by atoms with Crippen molar-refractivity contribution < 1.29 is 0 Å². The van der Waals surface area contributed by atoms with Gasteiger partial charge in [0, 0.05) is 18.4 Å². The van der Waals surface area contributed by atoms with E-state index < -0.39 is 0 Å². The minimum Gasteiger partial charge on any atom is -0.324 e. The largest absolute Gasteiger partial charge is 0.324 e. The molecule has 1 heterocycles. The summed E-state index contributed by atoms with van der Waals surface area (Å²) in [5, 5.41) is 0. The molecule has 12 heavy (non-hydrogen) atoms. The fraction of sp³-hybridized carbons (Fsp3) is 0.500. The molecular formula is C10H14N2. The van der Waals surface area contributed by atoms with E-state index >= 15 is 0 Å². The van der Waals surface area contributed by atoms with E-state index in [-0.39, 0.29) is 6.04 Å². The van der Waals surface area contributed by atoms with E-state index in [9.17, 15) is 0 Å². The molecule has 0 spiro atoms. The van der Waals surface area contributed by atoms with Gasteiger partial charge in [0.2, 0.25) is 0 Å². The van der Waals surface area contributed by atoms with Crippen LogP contribution in [0.15, 0.2) is 24.5 Å². The van der Waals surface area contributed by atoms with Gasteiger partial charge in [0.25, 0.3) is 0 Å². The first-order valence-electron chi connectivity index (χ1n) is 4.53. The molecule has 0 unspecified atom stereocenters. The first-order chi connectivity index (χ1) is 5.88. The second kappa shape index (κ2) is 3.23. The number of nitrogens with two attached hydrogens (primary N) is 1. The van der Waals surface area contributed by atoms with Crippen LogP contribution in [0.1, 0.15) is 30.9 Å². The van der Waals surface area contributed by atoms with Gasteiger partial charge in [-0.25, -0.2) is 0 Å². The summed E-state index contributed by atoms with van der Waals surface area (Å²) in [5.41, 5.74) is 7.30. The SMILES string of the molecule is N[C@H](c1ccncc1)C1CCC1. The van der Waals surface area contributed by atoms with Gasteiger partial charge in [0.15, 0.2) is 0 Å². The first-order valence-corrected chi connectivity index (χ1v) is 4.53. The van der Waals surface area contributed by atoms with Crippen molar-refractivity contribution >= 4 is 0 Å². The van der Waals surface area contributed by atoms with Gasteiger partial charge in [-0.15, -0.1) is 0 Å². The number of pyridine rings is 1. The van der Waals surface area contributed by atoms with E-state index in [1.807, 2.05) is 24.5 Å². The third kappa shape index (κ3) is 1.34. The summed E-state index contributed by atoms with van der Waals surface area (Å²) in [6.45, 7) is 0. The van der Waals surface area contributed by atoms with Gasteiger partial charge >= 0.3 is 0 Å². The maximum absolute atomic E-state index is 6.07. The van der Waals surface area contributed by atoms with E-state index in [1.165, 1.54) is 24.8 Å². The minimum absolute atomic E-state index is 0.238. The third-order valence-corrected chi connectivity index (χ3v) is 2.75. The van der Waals surface area contributed by atoms with Gasteiger partial charge in [-0.05, 0) is 36.5 Å². The summed E-state index contributed by atoms with van der Waals surface area (Å²) >= 11 is 0. The van der Waals surface area contributed by atoms with Crippen LogP contribution in [-0.4, -0.2) is 4.98 Å². The molecule has 0 aromatic carbocycles. The van der Waals surface area contributed by atoms with Crippen LogP contribution >= 0.6 is 0 Å². The predicted molar refractivity (Wildman–Crippen MR) is 48.5 cm³/mol. The standard InChI is InChI=1S/C10H14N2/c11-10(8-2-1-3-8)9-4-6-12-7-5-9/h4-8,10H,1-3,11H2/t10-/m0/s1. The summed E-state index contributed by atoms with van der Waals surface area (Å²) in [7, 11) is 0. The van der Waals surface area contributed by atoms with E-state index in [0.29, 0.717) is 5.92 Å². The third-order valence-electron chi connectivity index (χ3n) is 2.75. The van der Waals surface area contributed by atoms with E-state index in [1.54, 1.807) is 0 Å². The second-order valence-corrected chi connectivity index (χ2v) is 3.50. The monoisotopic (exact) mass is 162 g/mol. The Kier molecular flexibility index (Phi) is 2.09. The lowest BCUT2D eigenvalue weighted by Crippen LogP contribution is -2.26. The highest BCUT2D eigenvalue weighted by molar-refractivity contribution is 5.15. The highest BCUT2D eigenvalue weighted by Gasteiger charge is 2.25. The Morgan fingerprint density at radius 1 is 1.33 bits per heavy atom. The van der Waals surface area contributed by atoms with Crippen molar-refractivity contribution in [2.24, 2.45) is 11.7 Å². The van der Waals surface area contributed by atoms with Crippen molar-refractivity contribution in [3.05, 3.63) is 30.1 Å². The van der Waals surface area contributed by atoms with Crippen molar-refractivity contribution in [3.8, 4) is 0 Å². The van der Waals surface area contributed by atoms with Crippen molar-refractivity contribution in [1.29, 1.82) is 0 Å². The van der Waals surface area contributed by atoms with Crippen molar-refractivity contribution in [3.63, 3.8) is 0 Å². The Bertz CT molecular complexity index is 241. The summed E-state index contributed by atoms with van der Waals surface area (Å²) in [6.07, 6.45) is 7.57. The van der Waals surface area contributed by atoms with Gasteiger partial charge in [-0.3, -0.25) is 4.98 Å². The molecule has 1 atom stereocenters. The Labute approximate surface area is 72.8 Å². The Balaban J connectivity index is 2.08. The van der Waals surface area contributed by atoms with Gasteiger partial charge in [0.1, 0.15) is 0 Å². The maximum Gasteiger partial charge on any atom is 0.0324 e. The van der Waals surface area contributed by atoms with E-state index in [2.05, 4.69) is 4.98 Å². The fourth-order valence-electron chi connectivity index (χ4n) is 1.66. The predicted octanol–water partition coefficient (Wildman–Crippen LogP) is 1.88. The molecule has 1 aliphatic rings. The van der Waals surface area contributed by atoms with Crippen molar-refractivity contribution in [2.75, 3.05) is 0 Å². The highest BCUT2D eigenvalue weighted by atomic mass is 14.7. The van der Waals surface area contributed by atoms with Crippen molar-refractivity contribution in [1.82, 2.24) is 4.98 Å². The zero-order chi connectivity index (χ0) is 8.39. The topological polar surface area (TPSA) is 38.9 Å². The first kappa shape index (κ1) is 7.74. The van der Waals surface area contributed by atoms with Crippen molar-refractivity contribution in [2.45, 2.75) is 25.3 Å². The molecule has 0 aliphatic heterocycles. The zero-order valence-electron chi connectivity index (χ0n) is 7.11. The molecular weight excluding hydrogens is 148 g/mol. The zero-order valence-corrected chi connectivity index (χ0v) is 7.11. The quantitative estimate of drug-likeness (QED) is 0.721. The number of hydrogen-bond acceptors (Lipinski definition) is 2. The Morgan fingerprint density at radius 3 is 2.50 bits per heavy atom. The Morgan fingerprint density at radius 2 is 2.00 bits per heavy atom. The van der Waals surface area contributed by atoms with Crippen LogP contribution in [0.4, 0.5) is 0 Å². The molecule has 2 N–H and O–H groups in total. The fourth-order valence-corrected chi connectivity index (χ4v) is 1.66. The van der Waals surface area contributed by atoms with Crippen LogP contribution < -0.4 is 5.73 Å². The minimum atomic E-state index is 0.238. The van der Waals surface area contributed by atoms with Crippen LogP contribution in [0.5, 0.6) is 0 Å². The second-order valence-electron chi connectivity index (χ2n) is 3.50. The highest BCUT2D eigenvalue weighted by Crippen LogP contribution is 2.35. The van der Waals surface area contributed by atoms with Crippen LogP contribution in [-0.2, 0) is 0 Å².